The Morgan fingerprint density at radius 3 is 2.35 bits per heavy atom. The lowest BCUT2D eigenvalue weighted by Crippen LogP contribution is -2.28. The maximum absolute atomic E-state index is 11.1. The van der Waals surface area contributed by atoms with E-state index in [0.29, 0.717) is 0 Å². The van der Waals surface area contributed by atoms with Crippen molar-refractivity contribution in [3.63, 3.8) is 0 Å². The average molecular weight is 239 g/mol. The number of aromatic nitrogens is 2. The third kappa shape index (κ3) is 3.27. The van der Waals surface area contributed by atoms with Crippen molar-refractivity contribution in [2.24, 2.45) is 0 Å². The zero-order chi connectivity index (χ0) is 13.2. The molecule has 1 rings (SSSR count). The van der Waals surface area contributed by atoms with Gasteiger partial charge in [-0.3, -0.25) is 10.1 Å². The zero-order valence-corrected chi connectivity index (χ0v) is 10.7. The molecule has 0 saturated heterocycles. The van der Waals surface area contributed by atoms with E-state index in [1.54, 1.807) is 19.0 Å². The summed E-state index contributed by atoms with van der Waals surface area (Å²) in [6.45, 7) is 5.73. The van der Waals surface area contributed by atoms with Crippen LogP contribution in [0.2, 0.25) is 0 Å². The molecule has 7 nitrogen and oxygen atoms in total. The van der Waals surface area contributed by atoms with Gasteiger partial charge in [0.1, 0.15) is 6.33 Å². The van der Waals surface area contributed by atoms with Gasteiger partial charge >= 0.3 is 5.69 Å². The molecule has 1 heterocycles. The van der Waals surface area contributed by atoms with Gasteiger partial charge in [-0.25, -0.2) is 9.97 Å². The lowest BCUT2D eigenvalue weighted by molar-refractivity contribution is -0.383. The van der Waals surface area contributed by atoms with Crippen molar-refractivity contribution in [3.8, 4) is 0 Å². The van der Waals surface area contributed by atoms with E-state index in [4.69, 9.17) is 0 Å². The fourth-order valence-electron chi connectivity index (χ4n) is 1.31. The Hall–Kier alpha value is -1.92. The summed E-state index contributed by atoms with van der Waals surface area (Å²) in [7, 11) is 3.41. The number of rotatable bonds is 3. The lowest BCUT2D eigenvalue weighted by atomic mass is 10.1. The number of nitro groups is 1. The Morgan fingerprint density at radius 2 is 1.94 bits per heavy atom. The minimum absolute atomic E-state index is 0.104. The molecule has 0 atom stereocenters. The van der Waals surface area contributed by atoms with E-state index in [1.165, 1.54) is 6.33 Å². The van der Waals surface area contributed by atoms with E-state index in [2.05, 4.69) is 15.3 Å². The molecule has 0 aliphatic rings. The van der Waals surface area contributed by atoms with Crippen LogP contribution in [-0.2, 0) is 0 Å². The van der Waals surface area contributed by atoms with Crippen molar-refractivity contribution < 1.29 is 4.92 Å². The summed E-state index contributed by atoms with van der Waals surface area (Å²) < 4.78 is 0. The number of hydrogen-bond donors (Lipinski definition) is 1. The first kappa shape index (κ1) is 13.1. The summed E-state index contributed by atoms with van der Waals surface area (Å²) in [5.74, 6) is 0.526. The molecule has 0 amide bonds. The zero-order valence-electron chi connectivity index (χ0n) is 10.7. The highest BCUT2D eigenvalue weighted by Crippen LogP contribution is 2.31. The Kier molecular flexibility index (Phi) is 3.50. The van der Waals surface area contributed by atoms with Crippen LogP contribution < -0.4 is 10.2 Å². The van der Waals surface area contributed by atoms with E-state index in [-0.39, 0.29) is 22.9 Å². The van der Waals surface area contributed by atoms with Crippen molar-refractivity contribution in [1.82, 2.24) is 9.97 Å². The van der Waals surface area contributed by atoms with E-state index in [0.717, 1.165) is 0 Å². The maximum atomic E-state index is 11.1. The SMILES string of the molecule is CN(C)c1ncnc(NC(C)(C)C)c1[N+](=O)[O-]. The molecule has 0 radical (unpaired) electrons. The number of anilines is 2. The molecule has 0 bridgehead atoms. The molecule has 0 unspecified atom stereocenters. The molecule has 0 aromatic carbocycles. The van der Waals surface area contributed by atoms with Gasteiger partial charge in [0.15, 0.2) is 0 Å². The third-order valence-electron chi connectivity index (χ3n) is 1.90. The largest absolute Gasteiger partial charge is 0.360 e. The van der Waals surface area contributed by atoms with E-state index < -0.39 is 4.92 Å². The fourth-order valence-corrected chi connectivity index (χ4v) is 1.31. The first-order valence-electron chi connectivity index (χ1n) is 5.17. The van der Waals surface area contributed by atoms with Gasteiger partial charge in [-0.1, -0.05) is 0 Å². The van der Waals surface area contributed by atoms with Crippen molar-refractivity contribution in [2.75, 3.05) is 24.3 Å². The smallest absolute Gasteiger partial charge is 0.353 e. The monoisotopic (exact) mass is 239 g/mol. The van der Waals surface area contributed by atoms with Crippen LogP contribution >= 0.6 is 0 Å². The summed E-state index contributed by atoms with van der Waals surface area (Å²) in [5.41, 5.74) is -0.407. The average Bonchev–Trinajstić information content (AvgIpc) is 2.14. The maximum Gasteiger partial charge on any atom is 0.353 e. The molecule has 7 heteroatoms. The van der Waals surface area contributed by atoms with Gasteiger partial charge in [-0.15, -0.1) is 0 Å². The molecule has 1 aromatic rings. The van der Waals surface area contributed by atoms with Gasteiger partial charge in [0.05, 0.1) is 4.92 Å². The highest BCUT2D eigenvalue weighted by molar-refractivity contribution is 5.70. The fraction of sp³-hybridized carbons (Fsp3) is 0.600. The highest BCUT2D eigenvalue weighted by Gasteiger charge is 2.26. The van der Waals surface area contributed by atoms with Crippen molar-refractivity contribution >= 4 is 17.3 Å². The van der Waals surface area contributed by atoms with Crippen LogP contribution in [0.1, 0.15) is 20.8 Å². The molecule has 1 N–H and O–H groups in total. The van der Waals surface area contributed by atoms with Crippen LogP contribution in [0, 0.1) is 10.1 Å². The second-order valence-electron chi connectivity index (χ2n) is 4.92. The van der Waals surface area contributed by atoms with Crippen LogP contribution in [0.4, 0.5) is 17.3 Å². The van der Waals surface area contributed by atoms with Gasteiger partial charge in [0.2, 0.25) is 11.6 Å². The Morgan fingerprint density at radius 1 is 1.35 bits per heavy atom. The topological polar surface area (TPSA) is 84.2 Å². The molecule has 0 aliphatic carbocycles. The van der Waals surface area contributed by atoms with E-state index >= 15 is 0 Å². The predicted octanol–water partition coefficient (Wildman–Crippen LogP) is 1.66. The van der Waals surface area contributed by atoms with Gasteiger partial charge in [0, 0.05) is 19.6 Å². The Labute approximate surface area is 100 Å². The predicted molar refractivity (Wildman–Crippen MR) is 66.4 cm³/mol. The van der Waals surface area contributed by atoms with Gasteiger partial charge < -0.3 is 10.2 Å². The van der Waals surface area contributed by atoms with Gasteiger partial charge in [0.25, 0.3) is 0 Å². The van der Waals surface area contributed by atoms with E-state index in [1.807, 2.05) is 20.8 Å². The number of nitrogens with zero attached hydrogens (tertiary/aromatic N) is 4. The van der Waals surface area contributed by atoms with E-state index in [9.17, 15) is 10.1 Å². The van der Waals surface area contributed by atoms with Crippen molar-refractivity contribution in [3.05, 3.63) is 16.4 Å². The van der Waals surface area contributed by atoms with Gasteiger partial charge in [-0.2, -0.15) is 0 Å². The third-order valence-corrected chi connectivity index (χ3v) is 1.90. The standard InChI is InChI=1S/C10H17N5O2/c1-10(2,3)13-8-7(15(16)17)9(14(4)5)12-6-11-8/h6H,1-5H3,(H,11,12,13). The van der Waals surface area contributed by atoms with Crippen LogP contribution in [-0.4, -0.2) is 34.5 Å². The van der Waals surface area contributed by atoms with Crippen LogP contribution in [0.15, 0.2) is 6.33 Å². The quantitative estimate of drug-likeness (QED) is 0.638. The molecular weight excluding hydrogens is 222 g/mol. The normalized spacial score (nSPS) is 11.1. The molecular formula is C10H17N5O2. The summed E-state index contributed by atoms with van der Waals surface area (Å²) in [6, 6.07) is 0. The summed E-state index contributed by atoms with van der Waals surface area (Å²) >= 11 is 0. The highest BCUT2D eigenvalue weighted by atomic mass is 16.6. The summed E-state index contributed by atoms with van der Waals surface area (Å²) in [5, 5.41) is 14.1. The first-order valence-corrected chi connectivity index (χ1v) is 5.17. The number of hydrogen-bond acceptors (Lipinski definition) is 6. The Bertz CT molecular complexity index is 425. The van der Waals surface area contributed by atoms with Crippen molar-refractivity contribution in [1.29, 1.82) is 0 Å². The lowest BCUT2D eigenvalue weighted by Gasteiger charge is -2.22. The van der Waals surface area contributed by atoms with Crippen LogP contribution in [0.3, 0.4) is 0 Å². The molecule has 94 valence electrons. The molecule has 0 spiro atoms. The first-order chi connectivity index (χ1) is 7.72. The minimum atomic E-state index is -0.469. The van der Waals surface area contributed by atoms with Gasteiger partial charge in [-0.05, 0) is 20.8 Å². The Balaban J connectivity index is 3.30. The molecule has 0 saturated carbocycles. The van der Waals surface area contributed by atoms with Crippen LogP contribution in [0.25, 0.3) is 0 Å². The summed E-state index contributed by atoms with van der Waals surface area (Å²) in [4.78, 5) is 20.1. The second kappa shape index (κ2) is 4.52. The van der Waals surface area contributed by atoms with Crippen LogP contribution in [0.5, 0.6) is 0 Å². The molecule has 0 aliphatic heterocycles. The summed E-state index contributed by atoms with van der Waals surface area (Å²) in [6.07, 6.45) is 1.32. The second-order valence-corrected chi connectivity index (χ2v) is 4.92. The molecule has 17 heavy (non-hydrogen) atoms. The van der Waals surface area contributed by atoms with Crippen molar-refractivity contribution in [2.45, 2.75) is 26.3 Å². The number of nitrogens with one attached hydrogen (secondary N) is 1. The minimum Gasteiger partial charge on any atom is -0.360 e. The molecule has 1 aromatic heterocycles. The molecule has 0 fully saturated rings.